The number of fused-ring (bicyclic) bond motifs is 1. The van der Waals surface area contributed by atoms with Crippen LogP contribution in [0.15, 0.2) is 40.1 Å². The first-order valence-electron chi connectivity index (χ1n) is 7.12. The van der Waals surface area contributed by atoms with Crippen molar-refractivity contribution in [2.24, 2.45) is 14.1 Å². The van der Waals surface area contributed by atoms with E-state index in [0.29, 0.717) is 5.02 Å². The van der Waals surface area contributed by atoms with Gasteiger partial charge in [-0.25, -0.2) is 9.78 Å². The number of carbonyl (C=O) groups is 1. The summed E-state index contributed by atoms with van der Waals surface area (Å²) in [6, 6.07) is 5.97. The number of pyridine rings is 1. The number of anilines is 1. The smallest absolute Gasteiger partial charge is 0.321 e. The van der Waals surface area contributed by atoms with E-state index < -0.39 is 17.2 Å². The Balaban J connectivity index is 2.17. The monoisotopic (exact) mass is 378 g/mol. The standard InChI is InChI=1S/C16H12Cl2N4O3/c1-21-13-12(15(24)22(2)16(21)25)11(5-6-19-13)20-14(23)9-7-8(17)3-4-10(9)18/h3-7H,1-2H3,(H,19,20,23). The topological polar surface area (TPSA) is 86.0 Å². The van der Waals surface area contributed by atoms with E-state index in [1.54, 1.807) is 6.07 Å². The highest BCUT2D eigenvalue weighted by Gasteiger charge is 2.17. The highest BCUT2D eigenvalue weighted by Crippen LogP contribution is 2.23. The lowest BCUT2D eigenvalue weighted by Crippen LogP contribution is -2.37. The fraction of sp³-hybridized carbons (Fsp3) is 0.125. The molecule has 1 amide bonds. The van der Waals surface area contributed by atoms with Crippen LogP contribution in [0.25, 0.3) is 11.0 Å². The average molecular weight is 379 g/mol. The normalized spacial score (nSPS) is 10.9. The number of carbonyl (C=O) groups excluding carboxylic acids is 1. The Hall–Kier alpha value is -2.64. The number of benzene rings is 1. The molecule has 0 aliphatic heterocycles. The molecule has 0 spiro atoms. The third-order valence-electron chi connectivity index (χ3n) is 3.76. The summed E-state index contributed by atoms with van der Waals surface area (Å²) >= 11 is 11.9. The molecule has 3 aromatic rings. The summed E-state index contributed by atoms with van der Waals surface area (Å²) in [6.45, 7) is 0. The largest absolute Gasteiger partial charge is 0.332 e. The van der Waals surface area contributed by atoms with Gasteiger partial charge in [-0.2, -0.15) is 0 Å². The van der Waals surface area contributed by atoms with Crippen LogP contribution >= 0.6 is 23.2 Å². The molecule has 0 bridgehead atoms. The summed E-state index contributed by atoms with van der Waals surface area (Å²) < 4.78 is 2.19. The summed E-state index contributed by atoms with van der Waals surface area (Å²) in [6.07, 6.45) is 1.40. The number of rotatable bonds is 2. The van der Waals surface area contributed by atoms with E-state index in [1.165, 1.54) is 43.1 Å². The number of halogens is 2. The minimum absolute atomic E-state index is 0.124. The maximum atomic E-state index is 12.5. The number of hydrogen-bond donors (Lipinski definition) is 1. The van der Waals surface area contributed by atoms with Gasteiger partial charge in [0, 0.05) is 25.3 Å². The molecule has 9 heteroatoms. The molecule has 0 atom stereocenters. The summed E-state index contributed by atoms with van der Waals surface area (Å²) in [5.41, 5.74) is -0.504. The van der Waals surface area contributed by atoms with Gasteiger partial charge < -0.3 is 5.32 Å². The molecule has 0 fully saturated rings. The van der Waals surface area contributed by atoms with Crippen LogP contribution in [0, 0.1) is 0 Å². The molecule has 0 radical (unpaired) electrons. The van der Waals surface area contributed by atoms with Crippen molar-refractivity contribution in [3.8, 4) is 0 Å². The van der Waals surface area contributed by atoms with E-state index in [9.17, 15) is 14.4 Å². The second-order valence-electron chi connectivity index (χ2n) is 5.34. The molecule has 25 heavy (non-hydrogen) atoms. The molecule has 0 saturated heterocycles. The number of aryl methyl sites for hydroxylation is 1. The fourth-order valence-electron chi connectivity index (χ4n) is 2.45. The van der Waals surface area contributed by atoms with Crippen molar-refractivity contribution in [2.45, 2.75) is 0 Å². The van der Waals surface area contributed by atoms with Crippen molar-refractivity contribution in [2.75, 3.05) is 5.32 Å². The minimum Gasteiger partial charge on any atom is -0.321 e. The Morgan fingerprint density at radius 1 is 1.12 bits per heavy atom. The zero-order chi connectivity index (χ0) is 18.3. The molecule has 3 rings (SSSR count). The van der Waals surface area contributed by atoms with Gasteiger partial charge in [0.15, 0.2) is 5.65 Å². The molecule has 1 aromatic carbocycles. The predicted octanol–water partition coefficient (Wildman–Crippen LogP) is 2.19. The van der Waals surface area contributed by atoms with Crippen LogP contribution in [-0.2, 0) is 14.1 Å². The first-order chi connectivity index (χ1) is 11.8. The van der Waals surface area contributed by atoms with Crippen LogP contribution in [0.2, 0.25) is 10.0 Å². The van der Waals surface area contributed by atoms with Crippen LogP contribution in [0.3, 0.4) is 0 Å². The van der Waals surface area contributed by atoms with Crippen molar-refractivity contribution in [3.05, 3.63) is 66.9 Å². The van der Waals surface area contributed by atoms with Gasteiger partial charge >= 0.3 is 5.69 Å². The first-order valence-corrected chi connectivity index (χ1v) is 7.88. The fourth-order valence-corrected chi connectivity index (χ4v) is 2.83. The summed E-state index contributed by atoms with van der Waals surface area (Å²) in [7, 11) is 2.85. The van der Waals surface area contributed by atoms with Gasteiger partial charge in [0.1, 0.15) is 5.39 Å². The van der Waals surface area contributed by atoms with E-state index in [0.717, 1.165) is 4.57 Å². The molecule has 1 N–H and O–H groups in total. The van der Waals surface area contributed by atoms with Crippen molar-refractivity contribution < 1.29 is 4.79 Å². The highest BCUT2D eigenvalue weighted by atomic mass is 35.5. The van der Waals surface area contributed by atoms with Crippen molar-refractivity contribution >= 4 is 45.8 Å². The molecule has 128 valence electrons. The van der Waals surface area contributed by atoms with Gasteiger partial charge in [-0.15, -0.1) is 0 Å². The van der Waals surface area contributed by atoms with Crippen LogP contribution < -0.4 is 16.6 Å². The Morgan fingerprint density at radius 3 is 2.56 bits per heavy atom. The van der Waals surface area contributed by atoms with E-state index in [2.05, 4.69) is 10.3 Å². The van der Waals surface area contributed by atoms with E-state index in [4.69, 9.17) is 23.2 Å². The molecule has 0 aliphatic carbocycles. The molecular formula is C16H12Cl2N4O3. The predicted molar refractivity (Wildman–Crippen MR) is 96.6 cm³/mol. The molecule has 7 nitrogen and oxygen atoms in total. The lowest BCUT2D eigenvalue weighted by atomic mass is 10.2. The second-order valence-corrected chi connectivity index (χ2v) is 6.18. The number of hydrogen-bond acceptors (Lipinski definition) is 4. The van der Waals surface area contributed by atoms with Crippen LogP contribution in [0.5, 0.6) is 0 Å². The molecule has 2 heterocycles. The lowest BCUT2D eigenvalue weighted by Gasteiger charge is -2.12. The third-order valence-corrected chi connectivity index (χ3v) is 4.33. The Labute approximate surface area is 151 Å². The van der Waals surface area contributed by atoms with E-state index in [1.807, 2.05) is 0 Å². The minimum atomic E-state index is -0.557. The van der Waals surface area contributed by atoms with Gasteiger partial charge in [0.05, 0.1) is 16.3 Å². The number of aromatic nitrogens is 3. The molecule has 2 aromatic heterocycles. The number of nitrogens with one attached hydrogen (secondary N) is 1. The first kappa shape index (κ1) is 17.2. The summed E-state index contributed by atoms with van der Waals surface area (Å²) in [5, 5.41) is 3.33. The molecule has 0 saturated carbocycles. The van der Waals surface area contributed by atoms with Crippen LogP contribution in [0.1, 0.15) is 10.4 Å². The van der Waals surface area contributed by atoms with Gasteiger partial charge in [-0.05, 0) is 24.3 Å². The number of amides is 1. The molecular weight excluding hydrogens is 367 g/mol. The Kier molecular flexibility index (Phi) is 4.36. The average Bonchev–Trinajstić information content (AvgIpc) is 2.59. The zero-order valence-electron chi connectivity index (χ0n) is 13.2. The lowest BCUT2D eigenvalue weighted by molar-refractivity contribution is 0.102. The van der Waals surface area contributed by atoms with E-state index in [-0.39, 0.29) is 27.3 Å². The van der Waals surface area contributed by atoms with Gasteiger partial charge in [-0.1, -0.05) is 23.2 Å². The van der Waals surface area contributed by atoms with E-state index >= 15 is 0 Å². The maximum Gasteiger partial charge on any atom is 0.332 e. The SMILES string of the molecule is Cn1c(=O)c2c(NC(=O)c3cc(Cl)ccc3Cl)ccnc2n(C)c1=O. The summed E-state index contributed by atoms with van der Waals surface area (Å²) in [4.78, 5) is 41.1. The van der Waals surface area contributed by atoms with Crippen molar-refractivity contribution in [3.63, 3.8) is 0 Å². The second kappa shape index (κ2) is 6.34. The quantitative estimate of drug-likeness (QED) is 0.740. The Bertz CT molecular complexity index is 1130. The Morgan fingerprint density at radius 2 is 1.84 bits per heavy atom. The highest BCUT2D eigenvalue weighted by molar-refractivity contribution is 6.36. The van der Waals surface area contributed by atoms with Crippen LogP contribution in [-0.4, -0.2) is 20.0 Å². The third kappa shape index (κ3) is 2.92. The zero-order valence-corrected chi connectivity index (χ0v) is 14.7. The molecule has 0 aliphatic rings. The van der Waals surface area contributed by atoms with Gasteiger partial charge in [-0.3, -0.25) is 18.7 Å². The van der Waals surface area contributed by atoms with Crippen molar-refractivity contribution in [1.29, 1.82) is 0 Å². The maximum absolute atomic E-state index is 12.5. The number of nitrogens with zero attached hydrogens (tertiary/aromatic N) is 3. The van der Waals surface area contributed by atoms with Crippen LogP contribution in [0.4, 0.5) is 5.69 Å². The van der Waals surface area contributed by atoms with Gasteiger partial charge in [0.25, 0.3) is 11.5 Å². The van der Waals surface area contributed by atoms with Crippen molar-refractivity contribution in [1.82, 2.24) is 14.1 Å². The van der Waals surface area contributed by atoms with Gasteiger partial charge in [0.2, 0.25) is 0 Å². The molecule has 0 unspecified atom stereocenters. The summed E-state index contributed by atoms with van der Waals surface area (Å²) in [5.74, 6) is -0.532.